The van der Waals surface area contributed by atoms with Crippen LogP contribution in [-0.2, 0) is 4.74 Å². The van der Waals surface area contributed by atoms with Crippen molar-refractivity contribution in [2.75, 3.05) is 6.54 Å². The largest absolute Gasteiger partial charge is 0.444 e. The number of hydrogen-bond donors (Lipinski definition) is 1. The van der Waals surface area contributed by atoms with E-state index in [1.807, 2.05) is 0 Å². The third-order valence-corrected chi connectivity index (χ3v) is 2.54. The van der Waals surface area contributed by atoms with Gasteiger partial charge in [-0.3, -0.25) is 0 Å². The second-order valence-corrected chi connectivity index (χ2v) is 6.00. The van der Waals surface area contributed by atoms with Crippen LogP contribution in [0.1, 0.15) is 41.0 Å². The highest BCUT2D eigenvalue weighted by atomic mass is 16.6. The van der Waals surface area contributed by atoms with E-state index in [0.717, 1.165) is 6.42 Å². The summed E-state index contributed by atoms with van der Waals surface area (Å²) in [6.07, 6.45) is 0.769. The minimum absolute atomic E-state index is 0.00854. The lowest BCUT2D eigenvalue weighted by molar-refractivity contribution is 0.0357. The molecular formula is C11H21NO2. The van der Waals surface area contributed by atoms with Crippen molar-refractivity contribution in [3.05, 3.63) is 0 Å². The molecule has 0 aromatic heterocycles. The van der Waals surface area contributed by atoms with E-state index in [2.05, 4.69) is 39.9 Å². The third-order valence-electron chi connectivity index (χ3n) is 2.54. The predicted molar refractivity (Wildman–Crippen MR) is 56.1 cm³/mol. The van der Waals surface area contributed by atoms with Gasteiger partial charge in [-0.1, -0.05) is 34.6 Å². The van der Waals surface area contributed by atoms with Gasteiger partial charge in [0.05, 0.1) is 6.54 Å². The highest BCUT2D eigenvalue weighted by Gasteiger charge is 2.39. The topological polar surface area (TPSA) is 38.3 Å². The zero-order chi connectivity index (χ0) is 11.0. The zero-order valence-corrected chi connectivity index (χ0v) is 9.81. The summed E-state index contributed by atoms with van der Waals surface area (Å²) in [6, 6.07) is 0. The summed E-state index contributed by atoms with van der Waals surface area (Å²) in [6.45, 7) is 11.6. The van der Waals surface area contributed by atoms with Gasteiger partial charge >= 0.3 is 6.09 Å². The number of carbonyl (C=O) groups excluding carboxylic acids is 1. The average Bonchev–Trinajstić information content (AvgIpc) is 2.29. The molecule has 0 radical (unpaired) electrons. The average molecular weight is 199 g/mol. The lowest BCUT2D eigenvalue weighted by Gasteiger charge is -2.35. The van der Waals surface area contributed by atoms with Gasteiger partial charge in [-0.2, -0.15) is 0 Å². The number of cyclic esters (lactones) is 1. The molecule has 1 aliphatic heterocycles. The SMILES string of the molecule is CC(C)(C)CC(C)(C)C1CNC(=O)O1. The maximum Gasteiger partial charge on any atom is 0.407 e. The Hall–Kier alpha value is -0.730. The van der Waals surface area contributed by atoms with Crippen molar-refractivity contribution in [3.8, 4) is 0 Å². The highest BCUT2D eigenvalue weighted by Crippen LogP contribution is 2.37. The molecule has 3 nitrogen and oxygen atoms in total. The summed E-state index contributed by atoms with van der Waals surface area (Å²) in [5.41, 5.74) is 0.301. The minimum atomic E-state index is -0.281. The van der Waals surface area contributed by atoms with E-state index < -0.39 is 0 Å². The first-order valence-electron chi connectivity index (χ1n) is 5.15. The first kappa shape index (κ1) is 11.3. The molecule has 1 fully saturated rings. The molecule has 1 rings (SSSR count). The quantitative estimate of drug-likeness (QED) is 0.742. The molecule has 14 heavy (non-hydrogen) atoms. The maximum atomic E-state index is 10.9. The number of hydrogen-bond acceptors (Lipinski definition) is 2. The normalized spacial score (nSPS) is 23.2. The Morgan fingerprint density at radius 2 is 1.93 bits per heavy atom. The van der Waals surface area contributed by atoms with Crippen LogP contribution in [0.3, 0.4) is 0 Å². The number of rotatable bonds is 2. The first-order valence-corrected chi connectivity index (χ1v) is 5.15. The zero-order valence-electron chi connectivity index (χ0n) is 9.81. The van der Waals surface area contributed by atoms with Crippen LogP contribution in [0.15, 0.2) is 0 Å². The van der Waals surface area contributed by atoms with Crippen LogP contribution in [-0.4, -0.2) is 18.7 Å². The van der Waals surface area contributed by atoms with Gasteiger partial charge in [0.15, 0.2) is 0 Å². The maximum absolute atomic E-state index is 10.9. The van der Waals surface area contributed by atoms with Crippen LogP contribution in [0.4, 0.5) is 4.79 Å². The Morgan fingerprint density at radius 3 is 2.29 bits per heavy atom. The molecule has 0 spiro atoms. The number of nitrogens with one attached hydrogen (secondary N) is 1. The smallest absolute Gasteiger partial charge is 0.407 e. The Morgan fingerprint density at radius 1 is 1.36 bits per heavy atom. The fourth-order valence-corrected chi connectivity index (χ4v) is 2.31. The van der Waals surface area contributed by atoms with Crippen molar-refractivity contribution in [3.63, 3.8) is 0 Å². The van der Waals surface area contributed by atoms with Crippen LogP contribution in [0, 0.1) is 10.8 Å². The van der Waals surface area contributed by atoms with Gasteiger partial charge in [0.2, 0.25) is 0 Å². The molecule has 1 saturated heterocycles. The van der Waals surface area contributed by atoms with Crippen LogP contribution in [0.25, 0.3) is 0 Å². The van der Waals surface area contributed by atoms with Gasteiger partial charge in [0.25, 0.3) is 0 Å². The monoisotopic (exact) mass is 199 g/mol. The Balaban J connectivity index is 2.61. The van der Waals surface area contributed by atoms with Crippen molar-refractivity contribution in [1.29, 1.82) is 0 Å². The second-order valence-electron chi connectivity index (χ2n) is 6.00. The molecule has 1 N–H and O–H groups in total. The van der Waals surface area contributed by atoms with Gasteiger partial charge in [0.1, 0.15) is 6.10 Å². The van der Waals surface area contributed by atoms with E-state index in [1.54, 1.807) is 0 Å². The lowest BCUT2D eigenvalue weighted by Crippen LogP contribution is -2.35. The summed E-state index contributed by atoms with van der Waals surface area (Å²) < 4.78 is 5.22. The molecule has 82 valence electrons. The third kappa shape index (κ3) is 2.89. The van der Waals surface area contributed by atoms with Gasteiger partial charge in [-0.05, 0) is 11.8 Å². The molecule has 1 aliphatic rings. The van der Waals surface area contributed by atoms with Gasteiger partial charge in [0, 0.05) is 5.41 Å². The summed E-state index contributed by atoms with van der Waals surface area (Å²) in [5.74, 6) is 0. The summed E-state index contributed by atoms with van der Waals surface area (Å²) in [5, 5.41) is 2.70. The van der Waals surface area contributed by atoms with Gasteiger partial charge < -0.3 is 10.1 Å². The standard InChI is InChI=1S/C11H21NO2/c1-10(2,3)7-11(4,5)8-6-12-9(13)14-8/h8H,6-7H2,1-5H3,(H,12,13). The van der Waals surface area contributed by atoms with Gasteiger partial charge in [-0.25, -0.2) is 4.79 Å². The number of carbonyl (C=O) groups is 1. The Bertz CT molecular complexity index is 228. The van der Waals surface area contributed by atoms with Crippen LogP contribution < -0.4 is 5.32 Å². The number of ether oxygens (including phenoxy) is 1. The highest BCUT2D eigenvalue weighted by molar-refractivity contribution is 5.69. The first-order chi connectivity index (χ1) is 6.21. The van der Waals surface area contributed by atoms with Crippen LogP contribution in [0.2, 0.25) is 0 Å². The molecule has 1 heterocycles. The van der Waals surface area contributed by atoms with E-state index in [4.69, 9.17) is 4.74 Å². The lowest BCUT2D eigenvalue weighted by atomic mass is 9.73. The van der Waals surface area contributed by atoms with Gasteiger partial charge in [-0.15, -0.1) is 0 Å². The molecular weight excluding hydrogens is 178 g/mol. The molecule has 3 heteroatoms. The van der Waals surface area contributed by atoms with E-state index in [-0.39, 0.29) is 23.0 Å². The van der Waals surface area contributed by atoms with Crippen molar-refractivity contribution >= 4 is 6.09 Å². The van der Waals surface area contributed by atoms with Crippen molar-refractivity contribution in [2.45, 2.75) is 47.1 Å². The molecule has 0 bridgehead atoms. The molecule has 0 aliphatic carbocycles. The summed E-state index contributed by atoms with van der Waals surface area (Å²) >= 11 is 0. The van der Waals surface area contributed by atoms with Crippen molar-refractivity contribution in [1.82, 2.24) is 5.32 Å². The minimum Gasteiger partial charge on any atom is -0.444 e. The number of amides is 1. The fourth-order valence-electron chi connectivity index (χ4n) is 2.31. The van der Waals surface area contributed by atoms with E-state index >= 15 is 0 Å². The van der Waals surface area contributed by atoms with Crippen molar-refractivity contribution < 1.29 is 9.53 Å². The Kier molecular flexibility index (Phi) is 2.79. The Labute approximate surface area is 86.2 Å². The van der Waals surface area contributed by atoms with E-state index in [9.17, 15) is 4.79 Å². The van der Waals surface area contributed by atoms with Crippen molar-refractivity contribution in [2.24, 2.45) is 10.8 Å². The second kappa shape index (κ2) is 3.44. The van der Waals surface area contributed by atoms with E-state index in [1.165, 1.54) is 0 Å². The molecule has 1 atom stereocenters. The summed E-state index contributed by atoms with van der Waals surface area (Å²) in [4.78, 5) is 10.9. The fraction of sp³-hybridized carbons (Fsp3) is 0.909. The molecule has 1 unspecified atom stereocenters. The van der Waals surface area contributed by atoms with E-state index in [0.29, 0.717) is 6.54 Å². The molecule has 1 amide bonds. The van der Waals surface area contributed by atoms with Crippen LogP contribution >= 0.6 is 0 Å². The van der Waals surface area contributed by atoms with Crippen LogP contribution in [0.5, 0.6) is 0 Å². The molecule has 0 saturated carbocycles. The number of alkyl carbamates (subject to hydrolysis) is 1. The summed E-state index contributed by atoms with van der Waals surface area (Å²) in [7, 11) is 0. The predicted octanol–water partition coefficient (Wildman–Crippen LogP) is 2.56. The molecule has 0 aromatic rings. The molecule has 0 aromatic carbocycles.